The topological polar surface area (TPSA) is 43.4 Å². The largest absolute Gasteiger partial charge is 0.465 e. The molecule has 3 saturated carbocycles. The molecule has 7 atom stereocenters. The fraction of sp³-hybridized carbons (Fsp3) is 0.846. The Morgan fingerprint density at radius 1 is 1.07 bits per heavy atom. The summed E-state index contributed by atoms with van der Waals surface area (Å²) in [5.41, 5.74) is 1.63. The van der Waals surface area contributed by atoms with Crippen LogP contribution >= 0.6 is 0 Å². The normalized spacial score (nSPS) is 45.0. The van der Waals surface area contributed by atoms with E-state index in [-0.39, 0.29) is 17.2 Å². The van der Waals surface area contributed by atoms with Crippen LogP contribution in [0.1, 0.15) is 91.9 Å². The summed E-state index contributed by atoms with van der Waals surface area (Å²) in [7, 11) is 0. The molecular weight excluding hydrogens is 360 g/mol. The average Bonchev–Trinajstić information content (AvgIpc) is 2.91. The number of carbonyl (C=O) groups is 2. The van der Waals surface area contributed by atoms with Gasteiger partial charge in [0.2, 0.25) is 0 Å². The molecule has 4 aliphatic carbocycles. The van der Waals surface area contributed by atoms with Crippen molar-refractivity contribution in [2.75, 3.05) is 6.61 Å². The summed E-state index contributed by atoms with van der Waals surface area (Å²) in [5, 5.41) is 0. The lowest BCUT2D eigenvalue weighted by Crippen LogP contribution is -2.54. The lowest BCUT2D eigenvalue weighted by molar-refractivity contribution is -0.159. The highest BCUT2D eigenvalue weighted by atomic mass is 16.5. The van der Waals surface area contributed by atoms with Crippen molar-refractivity contribution in [3.8, 4) is 0 Å². The Hall–Kier alpha value is -1.12. The number of esters is 1. The Labute approximate surface area is 177 Å². The predicted molar refractivity (Wildman–Crippen MR) is 115 cm³/mol. The van der Waals surface area contributed by atoms with Crippen LogP contribution in [0.25, 0.3) is 0 Å². The minimum absolute atomic E-state index is 0.195. The third kappa shape index (κ3) is 3.41. The zero-order chi connectivity index (χ0) is 20.8. The van der Waals surface area contributed by atoms with Crippen molar-refractivity contribution in [1.82, 2.24) is 0 Å². The fourth-order valence-corrected chi connectivity index (χ4v) is 8.00. The minimum Gasteiger partial charge on any atom is -0.465 e. The Morgan fingerprint density at radius 2 is 1.86 bits per heavy atom. The molecule has 0 radical (unpaired) electrons. The fourth-order valence-electron chi connectivity index (χ4n) is 8.00. The van der Waals surface area contributed by atoms with Crippen LogP contribution in [-0.2, 0) is 14.3 Å². The smallest absolute Gasteiger partial charge is 0.316 e. The van der Waals surface area contributed by atoms with Gasteiger partial charge in [0.25, 0.3) is 0 Å². The number of Topliss-reactive ketones (excluding diaryl/α,β-unsaturated/α-hetero) is 1. The van der Waals surface area contributed by atoms with Crippen molar-refractivity contribution in [1.29, 1.82) is 0 Å². The molecular formula is C26H40O3. The summed E-state index contributed by atoms with van der Waals surface area (Å²) in [6, 6.07) is 0. The molecule has 0 aromatic rings. The van der Waals surface area contributed by atoms with E-state index in [1.807, 2.05) is 6.92 Å². The first-order valence-corrected chi connectivity index (χ1v) is 12.2. The van der Waals surface area contributed by atoms with Crippen LogP contribution in [-0.4, -0.2) is 18.4 Å². The number of ether oxygens (including phenoxy) is 1. The van der Waals surface area contributed by atoms with Gasteiger partial charge in [0.05, 0.1) is 6.61 Å². The average molecular weight is 401 g/mol. The summed E-state index contributed by atoms with van der Waals surface area (Å²) in [6.45, 7) is 9.26. The second kappa shape index (κ2) is 7.85. The molecule has 4 aliphatic rings. The number of hydrogen-bond donors (Lipinski definition) is 0. The molecule has 4 rings (SSSR count). The van der Waals surface area contributed by atoms with E-state index in [4.69, 9.17) is 4.74 Å². The van der Waals surface area contributed by atoms with Crippen LogP contribution in [0, 0.1) is 40.4 Å². The van der Waals surface area contributed by atoms with Gasteiger partial charge in [-0.1, -0.05) is 31.9 Å². The Kier molecular flexibility index (Phi) is 5.72. The van der Waals surface area contributed by atoms with E-state index in [1.54, 1.807) is 5.57 Å². The highest BCUT2D eigenvalue weighted by molar-refractivity contribution is 6.02. The quantitative estimate of drug-likeness (QED) is 0.319. The van der Waals surface area contributed by atoms with Crippen molar-refractivity contribution >= 4 is 11.8 Å². The molecule has 4 unspecified atom stereocenters. The van der Waals surface area contributed by atoms with Crippen molar-refractivity contribution < 1.29 is 14.3 Å². The maximum atomic E-state index is 13.6. The highest BCUT2D eigenvalue weighted by Crippen LogP contribution is 2.63. The van der Waals surface area contributed by atoms with Gasteiger partial charge in [-0.3, -0.25) is 9.59 Å². The van der Waals surface area contributed by atoms with Gasteiger partial charge in [0, 0.05) is 5.41 Å². The van der Waals surface area contributed by atoms with Gasteiger partial charge in [-0.2, -0.15) is 0 Å². The van der Waals surface area contributed by atoms with Crippen LogP contribution in [0.2, 0.25) is 0 Å². The third-order valence-electron chi connectivity index (χ3n) is 9.56. The van der Waals surface area contributed by atoms with Gasteiger partial charge >= 0.3 is 5.97 Å². The molecule has 3 fully saturated rings. The summed E-state index contributed by atoms with van der Waals surface area (Å²) < 4.78 is 5.28. The minimum atomic E-state index is -0.531. The summed E-state index contributed by atoms with van der Waals surface area (Å²) >= 11 is 0. The molecule has 3 heteroatoms. The molecule has 0 N–H and O–H groups in total. The number of hydrogen-bond acceptors (Lipinski definition) is 3. The standard InChI is InChI=1S/C26H40O3/c1-5-29-24(28)20-9-6-10-21-19-12-11-18-16-17(2)8-7-14-25(18,3)22(19)13-15-26(21,4)23(20)27/h16,18-22H,5-15H2,1-4H3/t18?,19-,20?,21?,22?,25-,26-/m0/s1. The summed E-state index contributed by atoms with van der Waals surface area (Å²) in [4.78, 5) is 26.2. The van der Waals surface area contributed by atoms with Gasteiger partial charge < -0.3 is 4.74 Å². The predicted octanol–water partition coefficient (Wildman–Crippen LogP) is 6.11. The number of fused-ring (bicyclic) bond motifs is 5. The van der Waals surface area contributed by atoms with E-state index in [1.165, 1.54) is 32.1 Å². The molecule has 0 amide bonds. The van der Waals surface area contributed by atoms with Crippen LogP contribution in [0.15, 0.2) is 11.6 Å². The molecule has 0 saturated heterocycles. The zero-order valence-electron chi connectivity index (χ0n) is 19.0. The molecule has 3 nitrogen and oxygen atoms in total. The Morgan fingerprint density at radius 3 is 2.62 bits per heavy atom. The van der Waals surface area contributed by atoms with E-state index in [0.29, 0.717) is 36.2 Å². The highest BCUT2D eigenvalue weighted by Gasteiger charge is 2.59. The third-order valence-corrected chi connectivity index (χ3v) is 9.56. The Bertz CT molecular complexity index is 694. The van der Waals surface area contributed by atoms with Gasteiger partial charge in [-0.05, 0) is 101 Å². The number of ketones is 1. The molecule has 29 heavy (non-hydrogen) atoms. The molecule has 0 aliphatic heterocycles. The van der Waals surface area contributed by atoms with E-state index >= 15 is 0 Å². The molecule has 0 bridgehead atoms. The Balaban J connectivity index is 1.62. The second-order valence-corrected chi connectivity index (χ2v) is 11.0. The first kappa shape index (κ1) is 21.1. The summed E-state index contributed by atoms with van der Waals surface area (Å²) in [6.07, 6.45) is 13.9. The molecule has 0 aromatic heterocycles. The van der Waals surface area contributed by atoms with E-state index in [2.05, 4.69) is 26.8 Å². The maximum absolute atomic E-state index is 13.6. The number of carbonyl (C=O) groups excluding carboxylic acids is 2. The molecule has 0 aromatic carbocycles. The van der Waals surface area contributed by atoms with Crippen molar-refractivity contribution in [2.45, 2.75) is 91.9 Å². The molecule has 0 spiro atoms. The maximum Gasteiger partial charge on any atom is 0.316 e. The van der Waals surface area contributed by atoms with Gasteiger partial charge in [0.15, 0.2) is 5.78 Å². The van der Waals surface area contributed by atoms with Crippen molar-refractivity contribution in [3.63, 3.8) is 0 Å². The second-order valence-electron chi connectivity index (χ2n) is 11.0. The van der Waals surface area contributed by atoms with Crippen LogP contribution in [0.4, 0.5) is 0 Å². The van der Waals surface area contributed by atoms with Gasteiger partial charge in [-0.25, -0.2) is 0 Å². The van der Waals surface area contributed by atoms with Crippen molar-refractivity contribution in [2.24, 2.45) is 40.4 Å². The van der Waals surface area contributed by atoms with Gasteiger partial charge in [-0.15, -0.1) is 0 Å². The van der Waals surface area contributed by atoms with Crippen LogP contribution in [0.5, 0.6) is 0 Å². The van der Waals surface area contributed by atoms with Crippen LogP contribution in [0.3, 0.4) is 0 Å². The molecule has 0 heterocycles. The van der Waals surface area contributed by atoms with E-state index in [9.17, 15) is 9.59 Å². The molecule has 162 valence electrons. The van der Waals surface area contributed by atoms with E-state index < -0.39 is 5.92 Å². The number of rotatable bonds is 2. The van der Waals surface area contributed by atoms with E-state index in [0.717, 1.165) is 31.6 Å². The summed E-state index contributed by atoms with van der Waals surface area (Å²) in [5.74, 6) is 1.92. The van der Waals surface area contributed by atoms with Crippen LogP contribution < -0.4 is 0 Å². The van der Waals surface area contributed by atoms with Crippen molar-refractivity contribution in [3.05, 3.63) is 11.6 Å². The first-order chi connectivity index (χ1) is 13.8. The monoisotopic (exact) mass is 400 g/mol. The van der Waals surface area contributed by atoms with Gasteiger partial charge in [0.1, 0.15) is 5.92 Å². The number of allylic oxidation sites excluding steroid dienone is 2. The SMILES string of the molecule is CCOC(=O)C1CCCC2[C@@H]3CCC4C=C(C)CCC[C@]4(C)C3CC[C@]2(C)C1=O. The lowest BCUT2D eigenvalue weighted by Gasteiger charge is -2.59. The lowest BCUT2D eigenvalue weighted by atomic mass is 9.45. The first-order valence-electron chi connectivity index (χ1n) is 12.2. The zero-order valence-corrected chi connectivity index (χ0v) is 19.0.